The van der Waals surface area contributed by atoms with Crippen molar-refractivity contribution >= 4 is 26.0 Å². The lowest BCUT2D eigenvalue weighted by Gasteiger charge is -2.41. The van der Waals surface area contributed by atoms with E-state index in [1.807, 2.05) is 0 Å². The van der Waals surface area contributed by atoms with Gasteiger partial charge in [-0.3, -0.25) is 14.4 Å². The molecule has 2 rings (SSSR count). The van der Waals surface area contributed by atoms with E-state index in [2.05, 4.69) is 33.9 Å². The van der Waals surface area contributed by atoms with E-state index in [1.165, 1.54) is 12.2 Å². The lowest BCUT2D eigenvalue weighted by molar-refractivity contribution is -0.177. The van der Waals surface area contributed by atoms with Gasteiger partial charge in [0.25, 0.3) is 0 Å². The summed E-state index contributed by atoms with van der Waals surface area (Å²) >= 11 is 0. The number of ketones is 1. The molecular weight excluding hydrogens is 428 g/mol. The highest BCUT2D eigenvalue weighted by molar-refractivity contribution is 6.74. The van der Waals surface area contributed by atoms with Crippen LogP contribution in [-0.4, -0.2) is 55.6 Å². The van der Waals surface area contributed by atoms with Gasteiger partial charge in [-0.25, -0.2) is 0 Å². The van der Waals surface area contributed by atoms with Crippen molar-refractivity contribution in [3.8, 4) is 0 Å². The third-order valence-corrected chi connectivity index (χ3v) is 10.7. The lowest BCUT2D eigenvalue weighted by Crippen LogP contribution is -2.56. The van der Waals surface area contributed by atoms with E-state index in [9.17, 15) is 14.4 Å². The maximum atomic E-state index is 13.4. The van der Waals surface area contributed by atoms with Crippen LogP contribution in [0.3, 0.4) is 0 Å². The Hall–Kier alpha value is -1.51. The number of rotatable bonds is 5. The molecule has 0 aliphatic carbocycles. The summed E-state index contributed by atoms with van der Waals surface area (Å²) < 4.78 is 23.8. The molecule has 182 valence electrons. The largest absolute Gasteiger partial charge is 0.460 e. The van der Waals surface area contributed by atoms with Crippen LogP contribution >= 0.6 is 0 Å². The van der Waals surface area contributed by atoms with Crippen molar-refractivity contribution in [1.29, 1.82) is 0 Å². The SMILES string of the molecule is CC(C)(C)OC(=O)[C@H]1[C@@H]2C=CC(=O)[C@@](CO[Si](C)(C)C(C)(C)C)(O2)[C@@H]1C(=O)OC(C)(C)C. The van der Waals surface area contributed by atoms with Gasteiger partial charge in [-0.1, -0.05) is 26.8 Å². The topological polar surface area (TPSA) is 88.1 Å². The fourth-order valence-corrected chi connectivity index (χ4v) is 4.61. The predicted molar refractivity (Wildman–Crippen MR) is 124 cm³/mol. The highest BCUT2D eigenvalue weighted by Gasteiger charge is 2.67. The molecule has 1 saturated heterocycles. The second-order valence-electron chi connectivity index (χ2n) is 12.3. The van der Waals surface area contributed by atoms with Crippen molar-refractivity contribution in [2.24, 2.45) is 11.8 Å². The molecule has 0 radical (unpaired) electrons. The molecule has 0 saturated carbocycles. The van der Waals surface area contributed by atoms with E-state index in [-0.39, 0.29) is 11.6 Å². The predicted octanol–water partition coefficient (Wildman–Crippen LogP) is 4.20. The van der Waals surface area contributed by atoms with Gasteiger partial charge in [0.05, 0.1) is 12.7 Å². The molecule has 2 aliphatic rings. The minimum atomic E-state index is -2.29. The van der Waals surface area contributed by atoms with Crippen LogP contribution in [0.2, 0.25) is 18.1 Å². The van der Waals surface area contributed by atoms with E-state index >= 15 is 0 Å². The van der Waals surface area contributed by atoms with Crippen LogP contribution in [-0.2, 0) is 33.0 Å². The van der Waals surface area contributed by atoms with Crippen molar-refractivity contribution in [3.05, 3.63) is 12.2 Å². The molecule has 0 aromatic carbocycles. The molecule has 0 spiro atoms. The summed E-state index contributed by atoms with van der Waals surface area (Å²) in [6.45, 7) is 20.8. The van der Waals surface area contributed by atoms with E-state index in [1.54, 1.807) is 41.5 Å². The number of hydrogen-bond donors (Lipinski definition) is 0. The summed E-state index contributed by atoms with van der Waals surface area (Å²) in [4.78, 5) is 39.9. The third kappa shape index (κ3) is 5.51. The second kappa shape index (κ2) is 8.36. The van der Waals surface area contributed by atoms with Crippen LogP contribution in [0.5, 0.6) is 0 Å². The van der Waals surface area contributed by atoms with Crippen LogP contribution in [0.25, 0.3) is 0 Å². The fourth-order valence-electron chi connectivity index (χ4n) is 3.60. The Morgan fingerprint density at radius 1 is 0.969 bits per heavy atom. The number of carbonyl (C=O) groups excluding carboxylic acids is 3. The maximum Gasteiger partial charge on any atom is 0.313 e. The molecular formula is C24H40O7Si. The van der Waals surface area contributed by atoms with Crippen molar-refractivity contribution in [1.82, 2.24) is 0 Å². The first-order valence-electron chi connectivity index (χ1n) is 11.2. The van der Waals surface area contributed by atoms with Gasteiger partial charge in [0, 0.05) is 0 Å². The average molecular weight is 469 g/mol. The molecule has 2 heterocycles. The molecule has 2 bridgehead atoms. The molecule has 32 heavy (non-hydrogen) atoms. The summed E-state index contributed by atoms with van der Waals surface area (Å²) in [6, 6.07) is 0. The molecule has 0 unspecified atom stereocenters. The lowest BCUT2D eigenvalue weighted by atomic mass is 9.78. The quantitative estimate of drug-likeness (QED) is 0.441. The molecule has 7 nitrogen and oxygen atoms in total. The summed E-state index contributed by atoms with van der Waals surface area (Å²) in [5.41, 5.74) is -3.19. The molecule has 1 fully saturated rings. The molecule has 0 amide bonds. The van der Waals surface area contributed by atoms with Gasteiger partial charge in [0.1, 0.15) is 23.0 Å². The van der Waals surface area contributed by atoms with E-state index in [4.69, 9.17) is 18.6 Å². The first kappa shape index (κ1) is 26.7. The molecule has 0 aromatic heterocycles. The van der Waals surface area contributed by atoms with E-state index in [0.29, 0.717) is 0 Å². The van der Waals surface area contributed by atoms with Crippen LogP contribution in [0.15, 0.2) is 12.2 Å². The Morgan fingerprint density at radius 2 is 1.47 bits per heavy atom. The fraction of sp³-hybridized carbons (Fsp3) is 0.792. The molecule has 0 N–H and O–H groups in total. The Kier molecular flexibility index (Phi) is 6.99. The first-order chi connectivity index (χ1) is 14.2. The molecule has 4 atom stereocenters. The summed E-state index contributed by atoms with van der Waals surface area (Å²) in [5, 5.41) is -0.110. The zero-order valence-corrected chi connectivity index (χ0v) is 22.5. The van der Waals surface area contributed by atoms with Gasteiger partial charge >= 0.3 is 11.9 Å². The minimum Gasteiger partial charge on any atom is -0.460 e. The van der Waals surface area contributed by atoms with Crippen molar-refractivity contribution < 1.29 is 33.0 Å². The zero-order valence-electron chi connectivity index (χ0n) is 21.5. The van der Waals surface area contributed by atoms with Crippen LogP contribution in [0.1, 0.15) is 62.3 Å². The number of ether oxygens (including phenoxy) is 3. The Balaban J connectivity index is 2.52. The van der Waals surface area contributed by atoms with E-state index in [0.717, 1.165) is 0 Å². The van der Waals surface area contributed by atoms with Crippen molar-refractivity contribution in [2.75, 3.05) is 6.61 Å². The minimum absolute atomic E-state index is 0.110. The monoisotopic (exact) mass is 468 g/mol. The van der Waals surface area contributed by atoms with E-state index < -0.39 is 60.8 Å². The Bertz CT molecular complexity index is 795. The normalized spacial score (nSPS) is 28.6. The zero-order chi connectivity index (χ0) is 24.9. The highest BCUT2D eigenvalue weighted by atomic mass is 28.4. The second-order valence-corrected chi connectivity index (χ2v) is 17.1. The van der Waals surface area contributed by atoms with Crippen LogP contribution in [0.4, 0.5) is 0 Å². The number of carbonyl (C=O) groups is 3. The molecule has 8 heteroatoms. The van der Waals surface area contributed by atoms with Gasteiger partial charge in [-0.05, 0) is 65.8 Å². The maximum absolute atomic E-state index is 13.4. The van der Waals surface area contributed by atoms with Gasteiger partial charge in [-0.15, -0.1) is 0 Å². The Morgan fingerprint density at radius 3 is 1.94 bits per heavy atom. The standard InChI is InChI=1S/C24H40O7Si/c1-21(2,3)30-19(26)17-15-12-13-16(25)24(29-15,14-28-32(10,11)23(7,8)9)18(17)20(27)31-22(4,5)6/h12-13,15,17-18H,14H2,1-11H3/t15-,17-,18-,24+/m0/s1. The molecule has 2 aliphatic heterocycles. The summed E-state index contributed by atoms with van der Waals surface area (Å²) in [7, 11) is -2.29. The summed E-state index contributed by atoms with van der Waals surface area (Å²) in [6.07, 6.45) is 2.15. The van der Waals surface area contributed by atoms with Gasteiger partial charge in [-0.2, -0.15) is 0 Å². The number of fused-ring (bicyclic) bond motifs is 2. The van der Waals surface area contributed by atoms with Crippen LogP contribution < -0.4 is 0 Å². The first-order valence-corrected chi connectivity index (χ1v) is 14.1. The highest BCUT2D eigenvalue weighted by Crippen LogP contribution is 2.48. The smallest absolute Gasteiger partial charge is 0.313 e. The van der Waals surface area contributed by atoms with Crippen LogP contribution in [0, 0.1) is 11.8 Å². The number of hydrogen-bond acceptors (Lipinski definition) is 7. The van der Waals surface area contributed by atoms with Gasteiger partial charge in [0.15, 0.2) is 19.7 Å². The third-order valence-electron chi connectivity index (χ3n) is 6.21. The average Bonchev–Trinajstić information content (AvgIpc) is 2.84. The number of esters is 2. The summed E-state index contributed by atoms with van der Waals surface area (Å²) in [5.74, 6) is -3.82. The Labute approximate surface area is 193 Å². The van der Waals surface area contributed by atoms with Gasteiger partial charge in [0.2, 0.25) is 0 Å². The van der Waals surface area contributed by atoms with Crippen molar-refractivity contribution in [2.45, 2.75) is 103 Å². The van der Waals surface area contributed by atoms with Crippen molar-refractivity contribution in [3.63, 3.8) is 0 Å². The van der Waals surface area contributed by atoms with Gasteiger partial charge < -0.3 is 18.6 Å². The molecule has 0 aromatic rings.